The minimum atomic E-state index is 0.521. The number of para-hydroxylation sites is 1. The summed E-state index contributed by atoms with van der Waals surface area (Å²) in [6.45, 7) is 0. The van der Waals surface area contributed by atoms with Crippen molar-refractivity contribution < 1.29 is 4.42 Å². The van der Waals surface area contributed by atoms with E-state index in [9.17, 15) is 0 Å². The molecule has 51 valence electrons. The number of aromatic nitrogens is 1. The topological polar surface area (TPSA) is 49.8 Å². The standard InChI is InChI=1S/C8H3N2O/c9-4-6-2-1-3-7-8(6)10-5-11-7/h1-3H. The minimum Gasteiger partial charge on any atom is -0.432 e. The molecule has 0 unspecified atom stereocenters. The van der Waals surface area contributed by atoms with Crippen LogP contribution in [0.4, 0.5) is 0 Å². The lowest BCUT2D eigenvalue weighted by Crippen LogP contribution is -1.75. The number of fused-ring (bicyclic) bond motifs is 1. The summed E-state index contributed by atoms with van der Waals surface area (Å²) in [6, 6.07) is 7.21. The molecule has 0 aliphatic heterocycles. The van der Waals surface area contributed by atoms with Crippen LogP contribution < -0.4 is 0 Å². The molecule has 0 saturated carbocycles. The number of oxazole rings is 1. The van der Waals surface area contributed by atoms with Crippen molar-refractivity contribution in [2.24, 2.45) is 0 Å². The van der Waals surface area contributed by atoms with Crippen LogP contribution in [0.15, 0.2) is 22.6 Å². The molecule has 2 aromatic rings. The molecule has 2 rings (SSSR count). The third-order valence-electron chi connectivity index (χ3n) is 1.43. The highest BCUT2D eigenvalue weighted by Gasteiger charge is 2.02. The summed E-state index contributed by atoms with van der Waals surface area (Å²) in [5.41, 5.74) is 1.70. The predicted molar refractivity (Wildman–Crippen MR) is 37.6 cm³/mol. The lowest BCUT2D eigenvalue weighted by molar-refractivity contribution is 0.591. The molecule has 0 spiro atoms. The molecule has 1 aromatic carbocycles. The summed E-state index contributed by atoms with van der Waals surface area (Å²) >= 11 is 0. The molecule has 1 aromatic heterocycles. The summed E-state index contributed by atoms with van der Waals surface area (Å²) in [5, 5.41) is 8.61. The zero-order chi connectivity index (χ0) is 7.68. The molecule has 1 radical (unpaired) electrons. The van der Waals surface area contributed by atoms with Crippen LogP contribution in [0.1, 0.15) is 5.56 Å². The summed E-state index contributed by atoms with van der Waals surface area (Å²) in [6.07, 6.45) is 2.34. The number of benzene rings is 1. The van der Waals surface area contributed by atoms with Crippen molar-refractivity contribution in [1.82, 2.24) is 4.98 Å². The van der Waals surface area contributed by atoms with Gasteiger partial charge in [-0.25, -0.2) is 4.98 Å². The van der Waals surface area contributed by atoms with Crippen molar-refractivity contribution in [3.05, 3.63) is 30.2 Å². The Morgan fingerprint density at radius 3 is 3.27 bits per heavy atom. The highest BCUT2D eigenvalue weighted by molar-refractivity contribution is 5.78. The third kappa shape index (κ3) is 0.767. The molecule has 0 amide bonds. The van der Waals surface area contributed by atoms with E-state index in [-0.39, 0.29) is 0 Å². The zero-order valence-electron chi connectivity index (χ0n) is 5.53. The Morgan fingerprint density at radius 2 is 2.45 bits per heavy atom. The molecule has 0 aliphatic carbocycles. The maximum atomic E-state index is 8.61. The first-order chi connectivity index (χ1) is 5.42. The van der Waals surface area contributed by atoms with Crippen LogP contribution in [0.2, 0.25) is 0 Å². The van der Waals surface area contributed by atoms with E-state index in [0.717, 1.165) is 0 Å². The molecular formula is C8H3N2O. The summed E-state index contributed by atoms with van der Waals surface area (Å²) in [5.74, 6) is 0. The Hall–Kier alpha value is -1.82. The molecule has 0 fully saturated rings. The largest absolute Gasteiger partial charge is 0.432 e. The van der Waals surface area contributed by atoms with Gasteiger partial charge in [-0.2, -0.15) is 5.26 Å². The van der Waals surface area contributed by atoms with Crippen molar-refractivity contribution in [2.45, 2.75) is 0 Å². The number of hydrogen-bond donors (Lipinski definition) is 0. The third-order valence-corrected chi connectivity index (χ3v) is 1.43. The number of hydrogen-bond acceptors (Lipinski definition) is 3. The molecule has 1 heterocycles. The van der Waals surface area contributed by atoms with Crippen molar-refractivity contribution in [3.8, 4) is 6.07 Å². The van der Waals surface area contributed by atoms with Gasteiger partial charge in [-0.15, -0.1) is 0 Å². The lowest BCUT2D eigenvalue weighted by Gasteiger charge is -1.86. The Kier molecular flexibility index (Phi) is 1.13. The fraction of sp³-hybridized carbons (Fsp3) is 0. The van der Waals surface area contributed by atoms with Crippen molar-refractivity contribution >= 4 is 11.1 Å². The normalized spacial score (nSPS) is 9.73. The fourth-order valence-electron chi connectivity index (χ4n) is 0.928. The maximum Gasteiger partial charge on any atom is 0.284 e. The van der Waals surface area contributed by atoms with Gasteiger partial charge in [-0.3, -0.25) is 0 Å². The molecule has 3 nitrogen and oxygen atoms in total. The van der Waals surface area contributed by atoms with Crippen LogP contribution in [-0.4, -0.2) is 4.98 Å². The Labute approximate surface area is 62.9 Å². The Balaban J connectivity index is 2.92. The van der Waals surface area contributed by atoms with E-state index in [1.54, 1.807) is 18.2 Å². The van der Waals surface area contributed by atoms with Crippen LogP contribution in [0.25, 0.3) is 11.1 Å². The van der Waals surface area contributed by atoms with Crippen LogP contribution in [0.3, 0.4) is 0 Å². The van der Waals surface area contributed by atoms with E-state index in [1.807, 2.05) is 6.07 Å². The second-order valence-corrected chi connectivity index (χ2v) is 2.07. The lowest BCUT2D eigenvalue weighted by atomic mass is 10.2. The maximum absolute atomic E-state index is 8.61. The number of nitrogens with zero attached hydrogens (tertiary/aromatic N) is 2. The van der Waals surface area contributed by atoms with E-state index in [4.69, 9.17) is 9.68 Å². The van der Waals surface area contributed by atoms with Crippen molar-refractivity contribution in [2.75, 3.05) is 0 Å². The van der Waals surface area contributed by atoms with Crippen molar-refractivity contribution in [1.29, 1.82) is 5.26 Å². The zero-order valence-corrected chi connectivity index (χ0v) is 5.53. The van der Waals surface area contributed by atoms with Gasteiger partial charge < -0.3 is 4.42 Å². The molecule has 0 aliphatic rings. The van der Waals surface area contributed by atoms with E-state index in [2.05, 4.69) is 11.4 Å². The average molecular weight is 143 g/mol. The quantitative estimate of drug-likeness (QED) is 0.561. The van der Waals surface area contributed by atoms with E-state index in [0.29, 0.717) is 16.7 Å². The summed E-state index contributed by atoms with van der Waals surface area (Å²) in [7, 11) is 0. The van der Waals surface area contributed by atoms with Crippen LogP contribution >= 0.6 is 0 Å². The van der Waals surface area contributed by atoms with Gasteiger partial charge in [0.2, 0.25) is 0 Å². The molecule has 0 saturated heterocycles. The van der Waals surface area contributed by atoms with E-state index < -0.39 is 0 Å². The van der Waals surface area contributed by atoms with Gasteiger partial charge in [0.1, 0.15) is 11.6 Å². The minimum absolute atomic E-state index is 0.521. The predicted octanol–water partition coefficient (Wildman–Crippen LogP) is 1.50. The molecule has 11 heavy (non-hydrogen) atoms. The van der Waals surface area contributed by atoms with Gasteiger partial charge in [-0.05, 0) is 12.1 Å². The monoisotopic (exact) mass is 143 g/mol. The first kappa shape index (κ1) is 5.93. The second-order valence-electron chi connectivity index (χ2n) is 2.07. The SMILES string of the molecule is N#Cc1cccc2o[c]nc12. The van der Waals surface area contributed by atoms with Gasteiger partial charge >= 0.3 is 0 Å². The smallest absolute Gasteiger partial charge is 0.284 e. The highest BCUT2D eigenvalue weighted by Crippen LogP contribution is 2.14. The van der Waals surface area contributed by atoms with E-state index >= 15 is 0 Å². The summed E-state index contributed by atoms with van der Waals surface area (Å²) < 4.78 is 4.87. The van der Waals surface area contributed by atoms with Crippen LogP contribution in [0, 0.1) is 17.7 Å². The van der Waals surface area contributed by atoms with Gasteiger partial charge in [0.25, 0.3) is 6.39 Å². The summed E-state index contributed by atoms with van der Waals surface area (Å²) in [4.78, 5) is 3.78. The first-order valence-corrected chi connectivity index (χ1v) is 3.07. The van der Waals surface area contributed by atoms with Crippen molar-refractivity contribution in [3.63, 3.8) is 0 Å². The molecule has 3 heteroatoms. The van der Waals surface area contributed by atoms with Gasteiger partial charge in [0.05, 0.1) is 5.56 Å². The second kappa shape index (κ2) is 2.10. The van der Waals surface area contributed by atoms with E-state index in [1.165, 1.54) is 0 Å². The molecule has 0 atom stereocenters. The molecule has 0 bridgehead atoms. The van der Waals surface area contributed by atoms with Gasteiger partial charge in [0.15, 0.2) is 5.58 Å². The number of nitriles is 1. The Morgan fingerprint density at radius 1 is 1.55 bits per heavy atom. The molecular weight excluding hydrogens is 140 g/mol. The Bertz CT molecular complexity index is 425. The van der Waals surface area contributed by atoms with Crippen LogP contribution in [-0.2, 0) is 0 Å². The van der Waals surface area contributed by atoms with Gasteiger partial charge in [-0.1, -0.05) is 6.07 Å². The average Bonchev–Trinajstić information content (AvgIpc) is 2.50. The van der Waals surface area contributed by atoms with Crippen LogP contribution in [0.5, 0.6) is 0 Å². The van der Waals surface area contributed by atoms with Gasteiger partial charge in [0, 0.05) is 0 Å². The highest BCUT2D eigenvalue weighted by atomic mass is 16.3. The first-order valence-electron chi connectivity index (χ1n) is 3.07. The molecule has 0 N–H and O–H groups in total. The fourth-order valence-corrected chi connectivity index (χ4v) is 0.928. The number of rotatable bonds is 0.